The quantitative estimate of drug-likeness (QED) is 0.0628. The van der Waals surface area contributed by atoms with E-state index in [0.717, 1.165) is 6.92 Å². The first-order chi connectivity index (χ1) is 15.3. The number of nitrogens with zero attached hydrogens (tertiary/aromatic N) is 1. The van der Waals surface area contributed by atoms with E-state index >= 15 is 0 Å². The van der Waals surface area contributed by atoms with Crippen LogP contribution in [0.15, 0.2) is 4.99 Å². The van der Waals surface area contributed by atoms with Gasteiger partial charge in [0, 0.05) is 13.0 Å². The van der Waals surface area contributed by atoms with Crippen LogP contribution in [0.25, 0.3) is 0 Å². The molecule has 0 spiro atoms. The molecule has 0 rings (SSSR count). The highest BCUT2D eigenvalue weighted by molar-refractivity contribution is 5.94. The minimum Gasteiger partial charge on any atom is -0.481 e. The smallest absolute Gasteiger partial charge is 0.328 e. The first-order valence-corrected chi connectivity index (χ1v) is 10.1. The molecule has 0 aliphatic heterocycles. The monoisotopic (exact) mass is 475 g/mol. The van der Waals surface area contributed by atoms with E-state index in [0.29, 0.717) is 6.42 Å². The van der Waals surface area contributed by atoms with E-state index in [9.17, 15) is 29.1 Å². The number of guanidine groups is 1. The second-order valence-electron chi connectivity index (χ2n) is 7.34. The molecule has 5 unspecified atom stereocenters. The van der Waals surface area contributed by atoms with Gasteiger partial charge in [-0.3, -0.25) is 24.2 Å². The number of hydrogen-bond donors (Lipinski definition) is 9. The van der Waals surface area contributed by atoms with Crippen LogP contribution >= 0.6 is 0 Å². The molecule has 3 amide bonds. The van der Waals surface area contributed by atoms with Gasteiger partial charge < -0.3 is 48.5 Å². The Labute approximate surface area is 190 Å². The number of aliphatic imine (C=N–C) groups is 1. The zero-order chi connectivity index (χ0) is 25.7. The van der Waals surface area contributed by atoms with Crippen molar-refractivity contribution in [1.82, 2.24) is 16.0 Å². The van der Waals surface area contributed by atoms with Gasteiger partial charge in [-0.15, -0.1) is 0 Å². The SMILES string of the molecule is CC(NC(=O)C(N)CCCN=C(N)N)C(=O)NC(CCC(=O)O)C(=O)NC(C(=O)O)C(C)O. The van der Waals surface area contributed by atoms with Crippen LogP contribution in [-0.2, 0) is 24.0 Å². The van der Waals surface area contributed by atoms with Crippen LogP contribution in [0.4, 0.5) is 0 Å². The van der Waals surface area contributed by atoms with Crippen molar-refractivity contribution in [2.45, 2.75) is 69.8 Å². The van der Waals surface area contributed by atoms with E-state index in [1.165, 1.54) is 6.92 Å². The lowest BCUT2D eigenvalue weighted by molar-refractivity contribution is -0.145. The zero-order valence-electron chi connectivity index (χ0n) is 18.5. The highest BCUT2D eigenvalue weighted by atomic mass is 16.4. The normalized spacial score (nSPS) is 15.2. The second kappa shape index (κ2) is 14.6. The van der Waals surface area contributed by atoms with Crippen molar-refractivity contribution in [2.75, 3.05) is 6.54 Å². The molecule has 0 aliphatic rings. The van der Waals surface area contributed by atoms with Crippen LogP contribution < -0.4 is 33.2 Å². The van der Waals surface area contributed by atoms with Crippen molar-refractivity contribution < 1.29 is 39.3 Å². The van der Waals surface area contributed by atoms with E-state index in [-0.39, 0.29) is 25.3 Å². The molecule has 0 radical (unpaired) electrons. The minimum absolute atomic E-state index is 0.0945. The maximum absolute atomic E-state index is 12.4. The summed E-state index contributed by atoms with van der Waals surface area (Å²) in [4.78, 5) is 62.8. The highest BCUT2D eigenvalue weighted by Gasteiger charge is 2.31. The summed E-state index contributed by atoms with van der Waals surface area (Å²) in [5.41, 5.74) is 16.1. The third-order valence-corrected chi connectivity index (χ3v) is 4.38. The number of aliphatic hydroxyl groups excluding tert-OH is 1. The van der Waals surface area contributed by atoms with Gasteiger partial charge in [-0.25, -0.2) is 4.79 Å². The molecule has 0 fully saturated rings. The number of aliphatic carboxylic acids is 2. The number of carbonyl (C=O) groups excluding carboxylic acids is 3. The Balaban J connectivity index is 5.03. The molecule has 0 bridgehead atoms. The number of aliphatic hydroxyl groups is 1. The largest absolute Gasteiger partial charge is 0.481 e. The topological polar surface area (TPSA) is 273 Å². The Morgan fingerprint density at radius 1 is 0.909 bits per heavy atom. The van der Waals surface area contributed by atoms with Crippen molar-refractivity contribution in [2.24, 2.45) is 22.2 Å². The van der Waals surface area contributed by atoms with Crippen molar-refractivity contribution >= 4 is 35.6 Å². The maximum Gasteiger partial charge on any atom is 0.328 e. The molecule has 0 aromatic heterocycles. The number of nitrogens with two attached hydrogens (primary N) is 3. The summed E-state index contributed by atoms with van der Waals surface area (Å²) in [5.74, 6) is -5.34. The first kappa shape index (κ1) is 29.5. The lowest BCUT2D eigenvalue weighted by atomic mass is 10.1. The molecule has 0 saturated carbocycles. The Bertz CT molecular complexity index is 739. The van der Waals surface area contributed by atoms with Crippen LogP contribution in [0.5, 0.6) is 0 Å². The number of carboxylic acids is 2. The third-order valence-electron chi connectivity index (χ3n) is 4.38. The Morgan fingerprint density at radius 2 is 1.52 bits per heavy atom. The van der Waals surface area contributed by atoms with Gasteiger partial charge in [-0.1, -0.05) is 0 Å². The van der Waals surface area contributed by atoms with Gasteiger partial charge in [0.1, 0.15) is 12.1 Å². The molecular formula is C18H33N7O8. The number of amides is 3. The van der Waals surface area contributed by atoms with Gasteiger partial charge in [0.25, 0.3) is 0 Å². The molecule has 0 aromatic rings. The average molecular weight is 476 g/mol. The number of carbonyl (C=O) groups is 5. The summed E-state index contributed by atoms with van der Waals surface area (Å²) in [6.45, 7) is 2.73. The molecule has 15 heteroatoms. The van der Waals surface area contributed by atoms with E-state index in [1.807, 2.05) is 5.32 Å². The molecule has 0 heterocycles. The molecule has 5 atom stereocenters. The molecule has 15 nitrogen and oxygen atoms in total. The van der Waals surface area contributed by atoms with Crippen molar-refractivity contribution in [3.05, 3.63) is 0 Å². The van der Waals surface area contributed by atoms with Gasteiger partial charge in [-0.05, 0) is 33.1 Å². The van der Waals surface area contributed by atoms with Crippen LogP contribution in [-0.4, -0.2) is 87.8 Å². The summed E-state index contributed by atoms with van der Waals surface area (Å²) in [5, 5.41) is 34.2. The lowest BCUT2D eigenvalue weighted by Crippen LogP contribution is -2.57. The molecule has 33 heavy (non-hydrogen) atoms. The molecule has 12 N–H and O–H groups in total. The predicted molar refractivity (Wildman–Crippen MR) is 116 cm³/mol. The predicted octanol–water partition coefficient (Wildman–Crippen LogP) is -3.83. The van der Waals surface area contributed by atoms with E-state index in [1.54, 1.807) is 0 Å². The summed E-state index contributed by atoms with van der Waals surface area (Å²) in [6, 6.07) is -5.20. The van der Waals surface area contributed by atoms with Crippen molar-refractivity contribution in [3.8, 4) is 0 Å². The van der Waals surface area contributed by atoms with Gasteiger partial charge in [-0.2, -0.15) is 0 Å². The van der Waals surface area contributed by atoms with E-state index < -0.39 is 66.4 Å². The molecule has 0 aromatic carbocycles. The summed E-state index contributed by atoms with van der Waals surface area (Å²) in [7, 11) is 0. The second-order valence-corrected chi connectivity index (χ2v) is 7.34. The van der Waals surface area contributed by atoms with Crippen LogP contribution in [0, 0.1) is 0 Å². The van der Waals surface area contributed by atoms with Crippen molar-refractivity contribution in [1.29, 1.82) is 0 Å². The van der Waals surface area contributed by atoms with E-state index in [2.05, 4.69) is 15.6 Å². The number of rotatable bonds is 15. The lowest BCUT2D eigenvalue weighted by Gasteiger charge is -2.24. The number of nitrogens with one attached hydrogen (secondary N) is 3. The maximum atomic E-state index is 12.4. The number of hydrogen-bond acceptors (Lipinski definition) is 8. The van der Waals surface area contributed by atoms with Crippen LogP contribution in [0.3, 0.4) is 0 Å². The molecule has 0 aliphatic carbocycles. The minimum atomic E-state index is -1.67. The average Bonchev–Trinajstić information content (AvgIpc) is 2.70. The standard InChI is InChI=1S/C18H33N7O8/c1-8(23-15(30)10(19)4-3-7-22-18(20)21)14(29)24-11(5-6-12(27)28)16(31)25-13(9(2)26)17(32)33/h8-11,13,26H,3-7,19H2,1-2H3,(H,23,30)(H,24,29)(H,25,31)(H,27,28)(H,32,33)(H4,20,21,22). The van der Waals surface area contributed by atoms with E-state index in [4.69, 9.17) is 27.4 Å². The summed E-state index contributed by atoms with van der Waals surface area (Å²) < 4.78 is 0. The Kier molecular flexibility index (Phi) is 13.0. The fourth-order valence-electron chi connectivity index (χ4n) is 2.51. The van der Waals surface area contributed by atoms with Crippen LogP contribution in [0.1, 0.15) is 39.5 Å². The summed E-state index contributed by atoms with van der Waals surface area (Å²) in [6.07, 6.45) is -1.67. The molecular weight excluding hydrogens is 442 g/mol. The molecule has 0 saturated heterocycles. The fourth-order valence-corrected chi connectivity index (χ4v) is 2.51. The number of carboxylic acid groups (broad SMARTS) is 2. The van der Waals surface area contributed by atoms with Gasteiger partial charge in [0.15, 0.2) is 12.0 Å². The fraction of sp³-hybridized carbons (Fsp3) is 0.667. The Hall–Kier alpha value is -3.46. The van der Waals surface area contributed by atoms with Gasteiger partial charge in [0.2, 0.25) is 17.7 Å². The van der Waals surface area contributed by atoms with Crippen LogP contribution in [0.2, 0.25) is 0 Å². The van der Waals surface area contributed by atoms with Crippen molar-refractivity contribution in [3.63, 3.8) is 0 Å². The van der Waals surface area contributed by atoms with Gasteiger partial charge in [0.05, 0.1) is 12.1 Å². The molecule has 188 valence electrons. The third kappa shape index (κ3) is 12.2. The first-order valence-electron chi connectivity index (χ1n) is 10.1. The summed E-state index contributed by atoms with van der Waals surface area (Å²) >= 11 is 0. The Morgan fingerprint density at radius 3 is 2.00 bits per heavy atom. The zero-order valence-corrected chi connectivity index (χ0v) is 18.5. The van der Waals surface area contributed by atoms with Gasteiger partial charge >= 0.3 is 11.9 Å². The highest BCUT2D eigenvalue weighted by Crippen LogP contribution is 2.03.